The van der Waals surface area contributed by atoms with Gasteiger partial charge in [-0.05, 0) is 12.8 Å². The van der Waals surface area contributed by atoms with Gasteiger partial charge in [-0.3, -0.25) is 0 Å². The number of hydrogen-bond acceptors (Lipinski definition) is 3. The maximum absolute atomic E-state index is 10.4. The molecule has 1 fully saturated rings. The molecule has 58 valence electrons. The van der Waals surface area contributed by atoms with E-state index in [-0.39, 0.29) is 6.10 Å². The summed E-state index contributed by atoms with van der Waals surface area (Å²) in [6, 6.07) is 0. The van der Waals surface area contributed by atoms with Gasteiger partial charge in [0.05, 0.1) is 0 Å². The molecule has 1 atom stereocenters. The number of cyclic esters (lactones) is 2. The summed E-state index contributed by atoms with van der Waals surface area (Å²) in [4.78, 5) is 10.4. The Bertz CT molecular complexity index is 122. The monoisotopic (exact) mass is 144 g/mol. The largest absolute Gasteiger partial charge is 0.508 e. The van der Waals surface area contributed by atoms with E-state index >= 15 is 0 Å². The van der Waals surface area contributed by atoms with Crippen molar-refractivity contribution in [3.63, 3.8) is 0 Å². The molecule has 1 aliphatic heterocycles. The van der Waals surface area contributed by atoms with Gasteiger partial charge in [-0.2, -0.15) is 0 Å². The normalized spacial score (nSPS) is 24.1. The third kappa shape index (κ3) is 1.90. The van der Waals surface area contributed by atoms with Crippen LogP contribution in [0.5, 0.6) is 0 Å². The molecule has 0 aliphatic carbocycles. The zero-order valence-corrected chi connectivity index (χ0v) is 6.13. The Kier molecular flexibility index (Phi) is 2.54. The van der Waals surface area contributed by atoms with Gasteiger partial charge in [0.1, 0.15) is 12.7 Å². The second-order valence-electron chi connectivity index (χ2n) is 2.44. The Morgan fingerprint density at radius 2 is 2.50 bits per heavy atom. The van der Waals surface area contributed by atoms with Gasteiger partial charge in [0.2, 0.25) is 0 Å². The first kappa shape index (κ1) is 7.38. The predicted molar refractivity (Wildman–Crippen MR) is 35.7 cm³/mol. The first-order valence-electron chi connectivity index (χ1n) is 3.66. The van der Waals surface area contributed by atoms with Gasteiger partial charge in [0, 0.05) is 0 Å². The van der Waals surface area contributed by atoms with Crippen LogP contribution in [0.25, 0.3) is 0 Å². The van der Waals surface area contributed by atoms with Crippen molar-refractivity contribution in [2.24, 2.45) is 0 Å². The Labute approximate surface area is 60.3 Å². The van der Waals surface area contributed by atoms with E-state index in [0.717, 1.165) is 19.3 Å². The standard InChI is InChI=1S/C7H12O3/c1-2-3-4-6-5-9-7(8)10-6/h6H,2-5H2,1H3. The van der Waals surface area contributed by atoms with E-state index in [1.165, 1.54) is 0 Å². The van der Waals surface area contributed by atoms with Crippen molar-refractivity contribution in [1.82, 2.24) is 0 Å². The fourth-order valence-corrected chi connectivity index (χ4v) is 0.939. The topological polar surface area (TPSA) is 35.5 Å². The fraction of sp³-hybridized carbons (Fsp3) is 0.857. The smallest absolute Gasteiger partial charge is 0.430 e. The molecule has 0 aromatic rings. The van der Waals surface area contributed by atoms with Crippen LogP contribution in [-0.4, -0.2) is 18.9 Å². The maximum atomic E-state index is 10.4. The predicted octanol–water partition coefficient (Wildman–Crippen LogP) is 1.71. The molecule has 0 saturated carbocycles. The van der Waals surface area contributed by atoms with Gasteiger partial charge in [-0.1, -0.05) is 13.3 Å². The van der Waals surface area contributed by atoms with E-state index in [4.69, 9.17) is 4.74 Å². The van der Waals surface area contributed by atoms with Crippen LogP contribution >= 0.6 is 0 Å². The highest BCUT2D eigenvalue weighted by Gasteiger charge is 2.23. The van der Waals surface area contributed by atoms with Crippen LogP contribution in [0.3, 0.4) is 0 Å². The summed E-state index contributed by atoms with van der Waals surface area (Å²) in [7, 11) is 0. The molecule has 1 rings (SSSR count). The molecule has 0 aromatic heterocycles. The molecular formula is C7H12O3. The lowest BCUT2D eigenvalue weighted by Crippen LogP contribution is -2.08. The molecule has 3 heteroatoms. The van der Waals surface area contributed by atoms with Crippen molar-refractivity contribution in [3.8, 4) is 0 Å². The zero-order chi connectivity index (χ0) is 7.40. The van der Waals surface area contributed by atoms with Crippen molar-refractivity contribution in [1.29, 1.82) is 0 Å². The molecule has 0 N–H and O–H groups in total. The first-order chi connectivity index (χ1) is 4.83. The van der Waals surface area contributed by atoms with Gasteiger partial charge in [-0.15, -0.1) is 0 Å². The van der Waals surface area contributed by atoms with E-state index < -0.39 is 6.16 Å². The molecule has 1 aliphatic rings. The van der Waals surface area contributed by atoms with Gasteiger partial charge in [0.15, 0.2) is 0 Å². The minimum Gasteiger partial charge on any atom is -0.430 e. The number of carbonyl (C=O) groups is 1. The Morgan fingerprint density at radius 1 is 1.70 bits per heavy atom. The van der Waals surface area contributed by atoms with Crippen LogP contribution in [0.4, 0.5) is 4.79 Å². The minimum atomic E-state index is -0.513. The lowest BCUT2D eigenvalue weighted by molar-refractivity contribution is 0.115. The molecule has 0 bridgehead atoms. The Morgan fingerprint density at radius 3 is 3.00 bits per heavy atom. The quantitative estimate of drug-likeness (QED) is 0.565. The van der Waals surface area contributed by atoms with E-state index in [0.29, 0.717) is 6.61 Å². The van der Waals surface area contributed by atoms with Crippen LogP contribution in [0.15, 0.2) is 0 Å². The summed E-state index contributed by atoms with van der Waals surface area (Å²) < 4.78 is 9.40. The number of unbranched alkanes of at least 4 members (excludes halogenated alkanes) is 1. The second kappa shape index (κ2) is 3.44. The molecule has 3 nitrogen and oxygen atoms in total. The van der Waals surface area contributed by atoms with Crippen LogP contribution in [0.2, 0.25) is 0 Å². The van der Waals surface area contributed by atoms with E-state index in [1.807, 2.05) is 0 Å². The van der Waals surface area contributed by atoms with Crippen molar-refractivity contribution >= 4 is 6.16 Å². The minimum absolute atomic E-state index is 0.0208. The molecule has 1 unspecified atom stereocenters. The van der Waals surface area contributed by atoms with Crippen LogP contribution in [-0.2, 0) is 9.47 Å². The SMILES string of the molecule is CCCCC1COC(=O)O1. The van der Waals surface area contributed by atoms with Crippen molar-refractivity contribution in [2.75, 3.05) is 6.61 Å². The van der Waals surface area contributed by atoms with Crippen molar-refractivity contribution in [3.05, 3.63) is 0 Å². The second-order valence-corrected chi connectivity index (χ2v) is 2.44. The maximum Gasteiger partial charge on any atom is 0.508 e. The van der Waals surface area contributed by atoms with E-state index in [2.05, 4.69) is 11.7 Å². The van der Waals surface area contributed by atoms with Gasteiger partial charge in [-0.25, -0.2) is 4.79 Å². The molecule has 10 heavy (non-hydrogen) atoms. The van der Waals surface area contributed by atoms with Crippen LogP contribution < -0.4 is 0 Å². The highest BCUT2D eigenvalue weighted by Crippen LogP contribution is 2.12. The molecule has 1 saturated heterocycles. The summed E-state index contributed by atoms with van der Waals surface area (Å²) >= 11 is 0. The van der Waals surface area contributed by atoms with Crippen molar-refractivity contribution in [2.45, 2.75) is 32.3 Å². The first-order valence-corrected chi connectivity index (χ1v) is 3.66. The summed E-state index contributed by atoms with van der Waals surface area (Å²) in [5.41, 5.74) is 0. The van der Waals surface area contributed by atoms with E-state index in [1.54, 1.807) is 0 Å². The third-order valence-corrected chi connectivity index (χ3v) is 1.53. The summed E-state index contributed by atoms with van der Waals surface area (Å²) in [5, 5.41) is 0. The number of hydrogen-bond donors (Lipinski definition) is 0. The molecular weight excluding hydrogens is 132 g/mol. The molecule has 0 amide bonds. The third-order valence-electron chi connectivity index (χ3n) is 1.53. The van der Waals surface area contributed by atoms with Crippen LogP contribution in [0, 0.1) is 0 Å². The number of ether oxygens (including phenoxy) is 2. The average Bonchev–Trinajstić information content (AvgIpc) is 2.31. The summed E-state index contributed by atoms with van der Waals surface area (Å²) in [6.45, 7) is 2.55. The summed E-state index contributed by atoms with van der Waals surface area (Å²) in [5.74, 6) is 0. The Balaban J connectivity index is 2.12. The number of carbonyl (C=O) groups excluding carboxylic acids is 1. The lowest BCUT2D eigenvalue weighted by atomic mass is 10.2. The highest BCUT2D eigenvalue weighted by atomic mass is 16.8. The fourth-order valence-electron chi connectivity index (χ4n) is 0.939. The van der Waals surface area contributed by atoms with Gasteiger partial charge in [0.25, 0.3) is 0 Å². The van der Waals surface area contributed by atoms with E-state index in [9.17, 15) is 4.79 Å². The lowest BCUT2D eigenvalue weighted by Gasteiger charge is -2.02. The summed E-state index contributed by atoms with van der Waals surface area (Å²) in [6.07, 6.45) is 2.67. The number of rotatable bonds is 3. The molecule has 1 heterocycles. The molecule has 0 radical (unpaired) electrons. The van der Waals surface area contributed by atoms with Crippen molar-refractivity contribution < 1.29 is 14.3 Å². The molecule has 0 spiro atoms. The Hall–Kier alpha value is -0.730. The van der Waals surface area contributed by atoms with Gasteiger partial charge >= 0.3 is 6.16 Å². The average molecular weight is 144 g/mol. The highest BCUT2D eigenvalue weighted by molar-refractivity contribution is 5.61. The molecule has 0 aromatic carbocycles. The van der Waals surface area contributed by atoms with Gasteiger partial charge < -0.3 is 9.47 Å². The zero-order valence-electron chi connectivity index (χ0n) is 6.13. The van der Waals surface area contributed by atoms with Crippen LogP contribution in [0.1, 0.15) is 26.2 Å².